The highest BCUT2D eigenvalue weighted by molar-refractivity contribution is 5.97. The van der Waals surface area contributed by atoms with Gasteiger partial charge in [0, 0.05) is 11.8 Å². The number of ketones is 1. The van der Waals surface area contributed by atoms with Gasteiger partial charge in [0.2, 0.25) is 0 Å². The zero-order chi connectivity index (χ0) is 16.4. The van der Waals surface area contributed by atoms with Gasteiger partial charge in [0.25, 0.3) is 5.56 Å². The molecule has 0 fully saturated rings. The van der Waals surface area contributed by atoms with Gasteiger partial charge in [-0.05, 0) is 25.1 Å². The molecule has 1 aromatic carbocycles. The Labute approximate surface area is 129 Å². The van der Waals surface area contributed by atoms with Crippen molar-refractivity contribution < 1.29 is 14.3 Å². The minimum atomic E-state index is -0.695. The van der Waals surface area contributed by atoms with Crippen molar-refractivity contribution in [3.8, 4) is 0 Å². The lowest BCUT2D eigenvalue weighted by atomic mass is 10.2. The molecule has 116 valence electrons. The number of hydrogen-bond donors (Lipinski definition) is 1. The number of ether oxygens (including phenoxy) is 1. The molecular weight excluding hydrogens is 300 g/mol. The molecule has 8 heteroatoms. The van der Waals surface area contributed by atoms with E-state index in [0.29, 0.717) is 16.5 Å². The molecule has 0 amide bonds. The van der Waals surface area contributed by atoms with Crippen molar-refractivity contribution in [3.05, 3.63) is 58.1 Å². The van der Waals surface area contributed by atoms with Gasteiger partial charge in [-0.1, -0.05) is 17.3 Å². The van der Waals surface area contributed by atoms with Crippen LogP contribution in [0.4, 0.5) is 0 Å². The first-order valence-electron chi connectivity index (χ1n) is 6.75. The lowest BCUT2D eigenvalue weighted by Gasteiger charge is -2.05. The van der Waals surface area contributed by atoms with Gasteiger partial charge in [-0.25, -0.2) is 4.79 Å². The second kappa shape index (κ2) is 5.84. The van der Waals surface area contributed by atoms with Crippen LogP contribution in [0.15, 0.2) is 41.3 Å². The molecule has 2 heterocycles. The number of Topliss-reactive ketones (excluding diaryl/α,β-unsaturated/α-hetero) is 1. The molecular formula is C15H12N4O4. The highest BCUT2D eigenvalue weighted by Crippen LogP contribution is 2.07. The molecule has 0 saturated heterocycles. The van der Waals surface area contributed by atoms with Crippen LogP contribution in [0, 0.1) is 0 Å². The van der Waals surface area contributed by atoms with Gasteiger partial charge in [-0.2, -0.15) is 4.68 Å². The first-order valence-corrected chi connectivity index (χ1v) is 6.75. The minimum absolute atomic E-state index is 0.122. The maximum Gasteiger partial charge on any atom is 0.356 e. The summed E-state index contributed by atoms with van der Waals surface area (Å²) in [4.78, 5) is 37.9. The third-order valence-corrected chi connectivity index (χ3v) is 3.26. The Kier molecular flexibility index (Phi) is 3.71. The molecule has 3 aromatic rings. The molecule has 2 aromatic heterocycles. The molecule has 8 nitrogen and oxygen atoms in total. The predicted molar refractivity (Wildman–Crippen MR) is 80.0 cm³/mol. The summed E-state index contributed by atoms with van der Waals surface area (Å²) in [5, 5.41) is 7.99. The quantitative estimate of drug-likeness (QED) is 0.572. The fraction of sp³-hybridized carbons (Fsp3) is 0.133. The molecule has 0 atom stereocenters. The minimum Gasteiger partial charge on any atom is -0.437 e. The van der Waals surface area contributed by atoms with Gasteiger partial charge in [0.15, 0.2) is 12.5 Å². The van der Waals surface area contributed by atoms with Crippen LogP contribution in [-0.2, 0) is 11.5 Å². The highest BCUT2D eigenvalue weighted by Gasteiger charge is 2.13. The van der Waals surface area contributed by atoms with Gasteiger partial charge in [0.1, 0.15) is 11.2 Å². The second-order valence-corrected chi connectivity index (χ2v) is 4.83. The van der Waals surface area contributed by atoms with E-state index in [-0.39, 0.29) is 18.2 Å². The van der Waals surface area contributed by atoms with Gasteiger partial charge in [0.05, 0.1) is 5.39 Å². The summed E-state index contributed by atoms with van der Waals surface area (Å²) in [6.07, 6.45) is 1.42. The van der Waals surface area contributed by atoms with Crippen LogP contribution in [-0.4, -0.2) is 31.7 Å². The van der Waals surface area contributed by atoms with Crippen molar-refractivity contribution in [3.63, 3.8) is 0 Å². The van der Waals surface area contributed by atoms with Crippen LogP contribution in [0.25, 0.3) is 10.9 Å². The number of rotatable bonds is 4. The molecule has 3 rings (SSSR count). The summed E-state index contributed by atoms with van der Waals surface area (Å²) in [5.74, 6) is -0.865. The Morgan fingerprint density at radius 1 is 1.30 bits per heavy atom. The van der Waals surface area contributed by atoms with Crippen molar-refractivity contribution in [2.45, 2.75) is 13.7 Å². The Bertz CT molecular complexity index is 957. The smallest absolute Gasteiger partial charge is 0.356 e. The average molecular weight is 312 g/mol. The number of nitrogens with one attached hydrogen (secondary N) is 1. The normalized spacial score (nSPS) is 10.7. The Morgan fingerprint density at radius 2 is 2.09 bits per heavy atom. The van der Waals surface area contributed by atoms with E-state index in [1.807, 2.05) is 0 Å². The molecule has 0 aliphatic heterocycles. The number of hydrogen-bond acceptors (Lipinski definition) is 6. The Balaban J connectivity index is 1.77. The van der Waals surface area contributed by atoms with Crippen LogP contribution in [0.5, 0.6) is 0 Å². The maximum absolute atomic E-state index is 12.2. The van der Waals surface area contributed by atoms with E-state index in [9.17, 15) is 14.4 Å². The van der Waals surface area contributed by atoms with Gasteiger partial charge >= 0.3 is 5.97 Å². The monoisotopic (exact) mass is 312 g/mol. The van der Waals surface area contributed by atoms with Crippen LogP contribution >= 0.6 is 0 Å². The Morgan fingerprint density at radius 3 is 2.83 bits per heavy atom. The molecule has 23 heavy (non-hydrogen) atoms. The van der Waals surface area contributed by atoms with Gasteiger partial charge in [-0.3, -0.25) is 9.59 Å². The summed E-state index contributed by atoms with van der Waals surface area (Å²) in [7, 11) is 0. The van der Waals surface area contributed by atoms with Crippen molar-refractivity contribution in [2.24, 2.45) is 0 Å². The van der Waals surface area contributed by atoms with Crippen molar-refractivity contribution >= 4 is 22.7 Å². The number of aromatic amines is 1. The zero-order valence-electron chi connectivity index (χ0n) is 12.1. The topological polar surface area (TPSA) is 107 Å². The number of benzene rings is 1. The summed E-state index contributed by atoms with van der Waals surface area (Å²) in [5.41, 5.74) is 0.562. The highest BCUT2D eigenvalue weighted by atomic mass is 16.5. The molecule has 1 N–H and O–H groups in total. The van der Waals surface area contributed by atoms with Crippen molar-refractivity contribution in [1.29, 1.82) is 0 Å². The van der Waals surface area contributed by atoms with Gasteiger partial charge < -0.3 is 9.72 Å². The lowest BCUT2D eigenvalue weighted by molar-refractivity contribution is 0.0330. The van der Waals surface area contributed by atoms with Crippen molar-refractivity contribution in [1.82, 2.24) is 20.0 Å². The number of fused-ring (bicyclic) bond motifs is 1. The third-order valence-electron chi connectivity index (χ3n) is 3.26. The van der Waals surface area contributed by atoms with Crippen LogP contribution in [0.2, 0.25) is 0 Å². The lowest BCUT2D eigenvalue weighted by Crippen LogP contribution is -2.26. The van der Waals surface area contributed by atoms with Crippen LogP contribution in [0.3, 0.4) is 0 Å². The molecule has 0 aliphatic rings. The molecule has 0 aliphatic carbocycles. The summed E-state index contributed by atoms with van der Waals surface area (Å²) in [6.45, 7) is 1.02. The van der Waals surface area contributed by atoms with E-state index >= 15 is 0 Å². The number of aromatic nitrogens is 4. The SMILES string of the molecule is CC(=O)c1c[nH]c(C(=O)OCn2nnc3ccccc3c2=O)c1. The first-order chi connectivity index (χ1) is 11.1. The fourth-order valence-corrected chi connectivity index (χ4v) is 2.02. The Hall–Kier alpha value is -3.29. The molecule has 0 unspecified atom stereocenters. The summed E-state index contributed by atoms with van der Waals surface area (Å²) < 4.78 is 5.97. The first kappa shape index (κ1) is 14.6. The number of esters is 1. The second-order valence-electron chi connectivity index (χ2n) is 4.83. The number of H-pyrrole nitrogens is 1. The predicted octanol–water partition coefficient (Wildman–Crippen LogP) is 1.14. The fourth-order valence-electron chi connectivity index (χ4n) is 2.02. The number of nitrogens with zero attached hydrogens (tertiary/aromatic N) is 3. The molecule has 0 saturated carbocycles. The third kappa shape index (κ3) is 2.86. The van der Waals surface area contributed by atoms with E-state index in [0.717, 1.165) is 4.68 Å². The molecule has 0 spiro atoms. The van der Waals surface area contributed by atoms with E-state index in [4.69, 9.17) is 4.74 Å². The summed E-state index contributed by atoms with van der Waals surface area (Å²) >= 11 is 0. The van der Waals surface area contributed by atoms with E-state index in [1.165, 1.54) is 19.2 Å². The van der Waals surface area contributed by atoms with Crippen molar-refractivity contribution in [2.75, 3.05) is 0 Å². The molecule has 0 bridgehead atoms. The van der Waals surface area contributed by atoms with E-state index < -0.39 is 11.5 Å². The number of carbonyl (C=O) groups excluding carboxylic acids is 2. The molecule has 0 radical (unpaired) electrons. The number of carbonyl (C=O) groups is 2. The maximum atomic E-state index is 12.2. The zero-order valence-corrected chi connectivity index (χ0v) is 12.1. The van der Waals surface area contributed by atoms with E-state index in [1.54, 1.807) is 24.3 Å². The van der Waals surface area contributed by atoms with E-state index in [2.05, 4.69) is 15.3 Å². The average Bonchev–Trinajstić information content (AvgIpc) is 3.04. The van der Waals surface area contributed by atoms with Crippen LogP contribution < -0.4 is 5.56 Å². The largest absolute Gasteiger partial charge is 0.437 e. The van der Waals surface area contributed by atoms with Crippen LogP contribution in [0.1, 0.15) is 27.8 Å². The van der Waals surface area contributed by atoms with Gasteiger partial charge in [-0.15, -0.1) is 5.10 Å². The standard InChI is InChI=1S/C15H12N4O4/c1-9(20)10-6-13(16-7-10)15(22)23-8-19-14(21)11-4-2-3-5-12(11)17-18-19/h2-7,16H,8H2,1H3. The summed E-state index contributed by atoms with van der Waals surface area (Å²) in [6, 6.07) is 8.14.